The molecule has 0 fully saturated rings. The predicted octanol–water partition coefficient (Wildman–Crippen LogP) is 4.06. The van der Waals surface area contributed by atoms with Crippen molar-refractivity contribution in [2.24, 2.45) is 0 Å². The number of amides is 1. The number of aromatic nitrogens is 1. The van der Waals surface area contributed by atoms with Crippen LogP contribution >= 0.6 is 23.2 Å². The van der Waals surface area contributed by atoms with E-state index in [0.29, 0.717) is 6.07 Å². The summed E-state index contributed by atoms with van der Waals surface area (Å²) in [6.07, 6.45) is 0. The summed E-state index contributed by atoms with van der Waals surface area (Å²) in [4.78, 5) is 15.5. The van der Waals surface area contributed by atoms with Crippen LogP contribution in [0.2, 0.25) is 10.2 Å². The van der Waals surface area contributed by atoms with E-state index >= 15 is 0 Å². The lowest BCUT2D eigenvalue weighted by molar-refractivity contribution is 0.102. The molecule has 0 radical (unpaired) electrons. The molecule has 0 aliphatic carbocycles. The highest BCUT2D eigenvalue weighted by Crippen LogP contribution is 2.22. The van der Waals surface area contributed by atoms with Crippen molar-refractivity contribution < 1.29 is 18.0 Å². The molecular weight excluding hydrogens is 316 g/mol. The van der Waals surface area contributed by atoms with E-state index in [1.807, 2.05) is 5.32 Å². The number of rotatable bonds is 2. The highest BCUT2D eigenvalue weighted by Gasteiger charge is 2.18. The minimum absolute atomic E-state index is 0.00492. The van der Waals surface area contributed by atoms with Crippen LogP contribution in [0.15, 0.2) is 24.3 Å². The molecule has 2 aromatic rings. The Labute approximate surface area is 121 Å². The fourth-order valence-corrected chi connectivity index (χ4v) is 1.72. The summed E-state index contributed by atoms with van der Waals surface area (Å²) in [5.74, 6) is -5.47. The van der Waals surface area contributed by atoms with Gasteiger partial charge < -0.3 is 5.32 Å². The Kier molecular flexibility index (Phi) is 4.15. The molecule has 104 valence electrons. The van der Waals surface area contributed by atoms with Crippen molar-refractivity contribution in [2.45, 2.75) is 0 Å². The van der Waals surface area contributed by atoms with E-state index < -0.39 is 29.0 Å². The van der Waals surface area contributed by atoms with Gasteiger partial charge in [0, 0.05) is 0 Å². The monoisotopic (exact) mass is 320 g/mol. The van der Waals surface area contributed by atoms with Gasteiger partial charge in [-0.2, -0.15) is 0 Å². The number of nitrogens with zero attached hydrogens (tertiary/aromatic N) is 1. The largest absolute Gasteiger partial charge is 0.318 e. The average molecular weight is 321 g/mol. The second kappa shape index (κ2) is 5.68. The summed E-state index contributed by atoms with van der Waals surface area (Å²) >= 11 is 11.4. The summed E-state index contributed by atoms with van der Waals surface area (Å²) in [6.45, 7) is 0. The fraction of sp³-hybridized carbons (Fsp3) is 0. The Balaban J connectivity index is 2.33. The van der Waals surface area contributed by atoms with E-state index in [1.54, 1.807) is 0 Å². The first-order valence-electron chi connectivity index (χ1n) is 5.17. The summed E-state index contributed by atoms with van der Waals surface area (Å²) in [6, 6.07) is 4.25. The molecule has 2 rings (SSSR count). The van der Waals surface area contributed by atoms with Crippen LogP contribution in [0.5, 0.6) is 0 Å². The van der Waals surface area contributed by atoms with Crippen molar-refractivity contribution in [1.82, 2.24) is 4.98 Å². The van der Waals surface area contributed by atoms with Crippen molar-refractivity contribution in [1.29, 1.82) is 0 Å². The molecule has 0 saturated carbocycles. The number of hydrogen-bond donors (Lipinski definition) is 1. The van der Waals surface area contributed by atoms with Crippen LogP contribution < -0.4 is 5.32 Å². The topological polar surface area (TPSA) is 42.0 Å². The third-order valence-electron chi connectivity index (χ3n) is 2.31. The molecule has 1 heterocycles. The zero-order valence-corrected chi connectivity index (χ0v) is 11.1. The van der Waals surface area contributed by atoms with E-state index in [4.69, 9.17) is 23.2 Å². The van der Waals surface area contributed by atoms with Gasteiger partial charge in [-0.1, -0.05) is 23.2 Å². The van der Waals surface area contributed by atoms with Gasteiger partial charge in [0.2, 0.25) is 0 Å². The third-order valence-corrected chi connectivity index (χ3v) is 2.83. The van der Waals surface area contributed by atoms with Gasteiger partial charge in [-0.25, -0.2) is 18.2 Å². The van der Waals surface area contributed by atoms with Gasteiger partial charge in [-0.15, -0.1) is 0 Å². The Hall–Kier alpha value is -1.79. The SMILES string of the molecule is O=C(Nc1ccc(F)c(F)c1F)c1nc(Cl)ccc1Cl. The van der Waals surface area contributed by atoms with Gasteiger partial charge in [-0.3, -0.25) is 4.79 Å². The van der Waals surface area contributed by atoms with E-state index in [1.165, 1.54) is 12.1 Å². The van der Waals surface area contributed by atoms with Crippen molar-refractivity contribution >= 4 is 34.8 Å². The molecule has 0 aliphatic heterocycles. The number of benzene rings is 1. The molecule has 0 atom stereocenters. The van der Waals surface area contributed by atoms with Gasteiger partial charge >= 0.3 is 0 Å². The van der Waals surface area contributed by atoms with Crippen LogP contribution in [0.25, 0.3) is 0 Å². The molecule has 0 bridgehead atoms. The Bertz CT molecular complexity index is 695. The van der Waals surface area contributed by atoms with Crippen LogP contribution in [0.1, 0.15) is 10.5 Å². The first-order valence-corrected chi connectivity index (χ1v) is 5.92. The number of anilines is 1. The Morgan fingerprint density at radius 3 is 2.45 bits per heavy atom. The fourth-order valence-electron chi connectivity index (χ4n) is 1.38. The number of nitrogens with one attached hydrogen (secondary N) is 1. The molecule has 0 unspecified atom stereocenters. The zero-order valence-electron chi connectivity index (χ0n) is 9.55. The first-order chi connectivity index (χ1) is 9.40. The van der Waals surface area contributed by atoms with Crippen molar-refractivity contribution in [3.63, 3.8) is 0 Å². The van der Waals surface area contributed by atoms with Crippen molar-refractivity contribution in [3.05, 3.63) is 57.6 Å². The number of halogens is 5. The minimum atomic E-state index is -1.69. The molecule has 1 aromatic carbocycles. The molecule has 0 aliphatic rings. The predicted molar refractivity (Wildman–Crippen MR) is 68.5 cm³/mol. The summed E-state index contributed by atoms with van der Waals surface area (Å²) in [7, 11) is 0. The minimum Gasteiger partial charge on any atom is -0.318 e. The van der Waals surface area contributed by atoms with Gasteiger partial charge in [0.25, 0.3) is 5.91 Å². The van der Waals surface area contributed by atoms with Gasteiger partial charge in [0.15, 0.2) is 17.5 Å². The quantitative estimate of drug-likeness (QED) is 0.669. The molecule has 1 N–H and O–H groups in total. The van der Waals surface area contributed by atoms with Gasteiger partial charge in [0.05, 0.1) is 10.7 Å². The number of carbonyl (C=O) groups is 1. The maximum absolute atomic E-state index is 13.4. The lowest BCUT2D eigenvalue weighted by Crippen LogP contribution is -2.16. The Morgan fingerprint density at radius 2 is 1.75 bits per heavy atom. The number of pyridine rings is 1. The maximum atomic E-state index is 13.4. The van der Waals surface area contributed by atoms with Crippen LogP contribution in [-0.4, -0.2) is 10.9 Å². The molecule has 0 spiro atoms. The first kappa shape index (κ1) is 14.6. The van der Waals surface area contributed by atoms with Crippen molar-refractivity contribution in [3.8, 4) is 0 Å². The second-order valence-corrected chi connectivity index (χ2v) is 4.44. The molecular formula is C12H5Cl2F3N2O. The molecule has 0 saturated heterocycles. The van der Waals surface area contributed by atoms with E-state index in [0.717, 1.165) is 6.07 Å². The summed E-state index contributed by atoms with van der Waals surface area (Å²) in [5.41, 5.74) is -0.796. The molecule has 3 nitrogen and oxygen atoms in total. The van der Waals surface area contributed by atoms with E-state index in [2.05, 4.69) is 4.98 Å². The summed E-state index contributed by atoms with van der Waals surface area (Å²) in [5, 5.41) is 2.02. The van der Waals surface area contributed by atoms with Crippen LogP contribution in [0.3, 0.4) is 0 Å². The maximum Gasteiger partial charge on any atom is 0.275 e. The highest BCUT2D eigenvalue weighted by molar-refractivity contribution is 6.35. The number of carbonyl (C=O) groups excluding carboxylic acids is 1. The highest BCUT2D eigenvalue weighted by atomic mass is 35.5. The average Bonchev–Trinajstić information content (AvgIpc) is 2.42. The van der Waals surface area contributed by atoms with Gasteiger partial charge in [0.1, 0.15) is 10.8 Å². The third kappa shape index (κ3) is 2.86. The van der Waals surface area contributed by atoms with Gasteiger partial charge in [-0.05, 0) is 24.3 Å². The lowest BCUT2D eigenvalue weighted by atomic mass is 10.2. The van der Waals surface area contributed by atoms with E-state index in [9.17, 15) is 18.0 Å². The summed E-state index contributed by atoms with van der Waals surface area (Å²) < 4.78 is 39.2. The smallest absolute Gasteiger partial charge is 0.275 e. The second-order valence-electron chi connectivity index (χ2n) is 3.64. The Morgan fingerprint density at radius 1 is 1.05 bits per heavy atom. The molecule has 1 aromatic heterocycles. The zero-order chi connectivity index (χ0) is 14.9. The number of hydrogen-bond acceptors (Lipinski definition) is 2. The van der Waals surface area contributed by atoms with Crippen molar-refractivity contribution in [2.75, 3.05) is 5.32 Å². The van der Waals surface area contributed by atoms with Crippen LogP contribution in [-0.2, 0) is 0 Å². The van der Waals surface area contributed by atoms with Crippen LogP contribution in [0, 0.1) is 17.5 Å². The van der Waals surface area contributed by atoms with E-state index in [-0.39, 0.29) is 15.9 Å². The standard InChI is InChI=1S/C12H5Cl2F3N2O/c13-5-1-4-8(14)19-11(5)12(20)18-7-3-2-6(15)9(16)10(7)17/h1-4H,(H,18,20). The molecule has 8 heteroatoms. The van der Waals surface area contributed by atoms with Crippen LogP contribution in [0.4, 0.5) is 18.9 Å². The normalized spacial score (nSPS) is 10.4. The molecule has 1 amide bonds. The molecule has 20 heavy (non-hydrogen) atoms. The lowest BCUT2D eigenvalue weighted by Gasteiger charge is -2.08.